The molecule has 0 aliphatic carbocycles. The number of aromatic nitrogens is 2. The lowest BCUT2D eigenvalue weighted by atomic mass is 9.96. The number of ether oxygens (including phenoxy) is 1. The van der Waals surface area contributed by atoms with Crippen molar-refractivity contribution in [3.05, 3.63) is 83.8 Å². The number of rotatable bonds is 6. The van der Waals surface area contributed by atoms with Crippen LogP contribution in [0.25, 0.3) is 0 Å². The van der Waals surface area contributed by atoms with Crippen LogP contribution in [0.2, 0.25) is 0 Å². The number of piperidine rings is 1. The molecule has 7 heteroatoms. The number of carbonyl (C=O) groups is 2. The third-order valence-electron chi connectivity index (χ3n) is 5.53. The van der Waals surface area contributed by atoms with Crippen molar-refractivity contribution in [1.82, 2.24) is 14.9 Å². The quantitative estimate of drug-likeness (QED) is 0.642. The molecule has 2 amide bonds. The first-order chi connectivity index (χ1) is 15.6. The number of aryl methyl sites for hydroxylation is 1. The SMILES string of the molecule is Cc1ccc(C(=O)N2CCCC(C(=O)Nc3ncccc3OCc3ccncc3)C2)cc1. The molecule has 1 aliphatic rings. The maximum atomic E-state index is 13.0. The predicted molar refractivity (Wildman–Crippen MR) is 121 cm³/mol. The Morgan fingerprint density at radius 2 is 1.88 bits per heavy atom. The van der Waals surface area contributed by atoms with Gasteiger partial charge in [-0.2, -0.15) is 0 Å². The molecule has 0 spiro atoms. The number of carbonyl (C=O) groups excluding carboxylic acids is 2. The first kappa shape index (κ1) is 21.5. The van der Waals surface area contributed by atoms with E-state index in [1.54, 1.807) is 35.6 Å². The van der Waals surface area contributed by atoms with E-state index in [0.717, 1.165) is 24.0 Å². The van der Waals surface area contributed by atoms with E-state index < -0.39 is 0 Å². The number of amides is 2. The number of anilines is 1. The highest BCUT2D eigenvalue weighted by atomic mass is 16.5. The van der Waals surface area contributed by atoms with Crippen molar-refractivity contribution in [1.29, 1.82) is 0 Å². The molecule has 164 valence electrons. The van der Waals surface area contributed by atoms with E-state index in [1.807, 2.05) is 43.3 Å². The van der Waals surface area contributed by atoms with Crippen molar-refractivity contribution in [3.8, 4) is 5.75 Å². The minimum atomic E-state index is -0.298. The second-order valence-electron chi connectivity index (χ2n) is 7.94. The highest BCUT2D eigenvalue weighted by Gasteiger charge is 2.29. The van der Waals surface area contributed by atoms with Gasteiger partial charge >= 0.3 is 0 Å². The average molecular weight is 431 g/mol. The standard InChI is InChI=1S/C25H26N4O3/c1-18-6-8-20(9-7-18)25(31)29-15-3-4-21(16-29)24(30)28-23-22(5-2-12-27-23)32-17-19-10-13-26-14-11-19/h2,5-14,21H,3-4,15-17H2,1H3,(H,27,28,30). The fourth-order valence-electron chi connectivity index (χ4n) is 3.71. The summed E-state index contributed by atoms with van der Waals surface area (Å²) in [7, 11) is 0. The van der Waals surface area contributed by atoms with Crippen molar-refractivity contribution in [2.24, 2.45) is 5.92 Å². The van der Waals surface area contributed by atoms with Gasteiger partial charge in [0.25, 0.3) is 5.91 Å². The number of nitrogens with one attached hydrogen (secondary N) is 1. The second-order valence-corrected chi connectivity index (χ2v) is 7.94. The zero-order chi connectivity index (χ0) is 22.3. The van der Waals surface area contributed by atoms with E-state index in [4.69, 9.17) is 4.74 Å². The topological polar surface area (TPSA) is 84.4 Å². The lowest BCUT2D eigenvalue weighted by Crippen LogP contribution is -2.43. The van der Waals surface area contributed by atoms with Gasteiger partial charge in [0.15, 0.2) is 11.6 Å². The maximum absolute atomic E-state index is 13.0. The van der Waals surface area contributed by atoms with Crippen molar-refractivity contribution in [2.75, 3.05) is 18.4 Å². The molecule has 1 saturated heterocycles. The van der Waals surface area contributed by atoms with Crippen LogP contribution in [-0.2, 0) is 11.4 Å². The van der Waals surface area contributed by atoms with Gasteiger partial charge in [-0.15, -0.1) is 0 Å². The van der Waals surface area contributed by atoms with E-state index in [0.29, 0.717) is 36.8 Å². The summed E-state index contributed by atoms with van der Waals surface area (Å²) in [6.07, 6.45) is 6.53. The van der Waals surface area contributed by atoms with Crippen LogP contribution in [0.5, 0.6) is 5.75 Å². The molecule has 7 nitrogen and oxygen atoms in total. The molecule has 2 aromatic heterocycles. The summed E-state index contributed by atoms with van der Waals surface area (Å²) in [6, 6.07) is 14.8. The predicted octanol–water partition coefficient (Wildman–Crippen LogP) is 3.85. The number of hydrogen-bond acceptors (Lipinski definition) is 5. The minimum Gasteiger partial charge on any atom is -0.485 e. The van der Waals surface area contributed by atoms with Gasteiger partial charge in [0.05, 0.1) is 5.92 Å². The fourth-order valence-corrected chi connectivity index (χ4v) is 3.71. The van der Waals surface area contributed by atoms with Crippen LogP contribution in [-0.4, -0.2) is 39.8 Å². The zero-order valence-corrected chi connectivity index (χ0v) is 18.0. The average Bonchev–Trinajstić information content (AvgIpc) is 2.84. The molecule has 0 bridgehead atoms. The van der Waals surface area contributed by atoms with Crippen molar-refractivity contribution < 1.29 is 14.3 Å². The van der Waals surface area contributed by atoms with E-state index >= 15 is 0 Å². The molecule has 1 aliphatic heterocycles. The molecule has 1 unspecified atom stereocenters. The lowest BCUT2D eigenvalue weighted by Gasteiger charge is -2.32. The Hall–Kier alpha value is -3.74. The number of benzene rings is 1. The smallest absolute Gasteiger partial charge is 0.253 e. The van der Waals surface area contributed by atoms with E-state index in [1.165, 1.54) is 0 Å². The second kappa shape index (κ2) is 10.0. The summed E-state index contributed by atoms with van der Waals surface area (Å²) in [5.74, 6) is 0.392. The summed E-state index contributed by atoms with van der Waals surface area (Å²) in [6.45, 7) is 3.38. The molecule has 32 heavy (non-hydrogen) atoms. The third kappa shape index (κ3) is 5.29. The molecule has 1 fully saturated rings. The third-order valence-corrected chi connectivity index (χ3v) is 5.53. The molecule has 0 radical (unpaired) electrons. The van der Waals surface area contributed by atoms with Gasteiger partial charge in [-0.05, 0) is 61.7 Å². The van der Waals surface area contributed by atoms with Crippen LogP contribution in [0, 0.1) is 12.8 Å². The van der Waals surface area contributed by atoms with Crippen LogP contribution in [0.1, 0.15) is 34.3 Å². The highest BCUT2D eigenvalue weighted by Crippen LogP contribution is 2.25. The summed E-state index contributed by atoms with van der Waals surface area (Å²) < 4.78 is 5.87. The molecule has 3 aromatic rings. The number of nitrogens with zero attached hydrogens (tertiary/aromatic N) is 3. The zero-order valence-electron chi connectivity index (χ0n) is 18.0. The Bertz CT molecular complexity index is 1070. The summed E-state index contributed by atoms with van der Waals surface area (Å²) in [5.41, 5.74) is 2.72. The van der Waals surface area contributed by atoms with Crippen molar-refractivity contribution >= 4 is 17.6 Å². The highest BCUT2D eigenvalue weighted by molar-refractivity contribution is 5.96. The summed E-state index contributed by atoms with van der Waals surface area (Å²) in [4.78, 5) is 35.9. The fraction of sp³-hybridized carbons (Fsp3) is 0.280. The van der Waals surface area contributed by atoms with Crippen LogP contribution in [0.15, 0.2) is 67.1 Å². The molecular formula is C25H26N4O3. The maximum Gasteiger partial charge on any atom is 0.253 e. The normalized spacial score (nSPS) is 15.8. The Labute approximate surface area is 187 Å². The molecule has 3 heterocycles. The van der Waals surface area contributed by atoms with Gasteiger partial charge in [-0.1, -0.05) is 17.7 Å². The summed E-state index contributed by atoms with van der Waals surface area (Å²) >= 11 is 0. The van der Waals surface area contributed by atoms with Gasteiger partial charge in [0, 0.05) is 37.2 Å². The number of likely N-dealkylation sites (tertiary alicyclic amines) is 1. The Morgan fingerprint density at radius 1 is 1.09 bits per heavy atom. The van der Waals surface area contributed by atoms with Crippen LogP contribution >= 0.6 is 0 Å². The lowest BCUT2D eigenvalue weighted by molar-refractivity contribution is -0.121. The van der Waals surface area contributed by atoms with Gasteiger partial charge in [-0.25, -0.2) is 4.98 Å². The Balaban J connectivity index is 1.39. The van der Waals surface area contributed by atoms with Crippen LogP contribution in [0.4, 0.5) is 5.82 Å². The van der Waals surface area contributed by atoms with E-state index in [9.17, 15) is 9.59 Å². The molecule has 1 aromatic carbocycles. The first-order valence-electron chi connectivity index (χ1n) is 10.7. The van der Waals surface area contributed by atoms with Gasteiger partial charge in [0.1, 0.15) is 6.61 Å². The van der Waals surface area contributed by atoms with E-state index in [-0.39, 0.29) is 17.7 Å². The van der Waals surface area contributed by atoms with Gasteiger partial charge < -0.3 is 15.0 Å². The van der Waals surface area contributed by atoms with Crippen molar-refractivity contribution in [2.45, 2.75) is 26.4 Å². The Morgan fingerprint density at radius 3 is 2.66 bits per heavy atom. The number of pyridine rings is 2. The first-order valence-corrected chi connectivity index (χ1v) is 10.7. The van der Waals surface area contributed by atoms with Crippen LogP contribution < -0.4 is 10.1 Å². The number of hydrogen-bond donors (Lipinski definition) is 1. The summed E-state index contributed by atoms with van der Waals surface area (Å²) in [5, 5.41) is 2.90. The van der Waals surface area contributed by atoms with Gasteiger partial charge in [-0.3, -0.25) is 14.6 Å². The largest absolute Gasteiger partial charge is 0.485 e. The van der Waals surface area contributed by atoms with Gasteiger partial charge in [0.2, 0.25) is 5.91 Å². The van der Waals surface area contributed by atoms with Crippen molar-refractivity contribution in [3.63, 3.8) is 0 Å². The molecule has 1 N–H and O–H groups in total. The van der Waals surface area contributed by atoms with Crippen LogP contribution in [0.3, 0.4) is 0 Å². The monoisotopic (exact) mass is 430 g/mol. The van der Waals surface area contributed by atoms with E-state index in [2.05, 4.69) is 15.3 Å². The molecular weight excluding hydrogens is 404 g/mol. The Kier molecular flexibility index (Phi) is 6.75. The molecule has 1 atom stereocenters. The molecule has 4 rings (SSSR count). The minimum absolute atomic E-state index is 0.0401. The molecule has 0 saturated carbocycles.